The number of ether oxygens (including phenoxy) is 1. The highest BCUT2D eigenvalue weighted by Crippen LogP contribution is 2.20. The van der Waals surface area contributed by atoms with Gasteiger partial charge in [-0.25, -0.2) is 4.98 Å². The molecule has 0 saturated heterocycles. The summed E-state index contributed by atoms with van der Waals surface area (Å²) in [7, 11) is 1.54. The van der Waals surface area contributed by atoms with E-state index < -0.39 is 17.9 Å². The lowest BCUT2D eigenvalue weighted by atomic mass is 10.0. The molecule has 23 heavy (non-hydrogen) atoms. The van der Waals surface area contributed by atoms with E-state index in [0.29, 0.717) is 17.0 Å². The molecule has 1 atom stereocenters. The maximum atomic E-state index is 12.2. The molecule has 1 heterocycles. The Morgan fingerprint density at radius 3 is 2.43 bits per heavy atom. The number of hydrogen-bond acceptors (Lipinski definition) is 5. The summed E-state index contributed by atoms with van der Waals surface area (Å²) in [6.45, 7) is 1.76. The van der Waals surface area contributed by atoms with E-state index in [1.165, 1.54) is 12.4 Å². The average molecular weight is 315 g/mol. The van der Waals surface area contributed by atoms with Gasteiger partial charge in [0.15, 0.2) is 0 Å². The van der Waals surface area contributed by atoms with Gasteiger partial charge in [0.05, 0.1) is 31.5 Å². The largest absolute Gasteiger partial charge is 0.497 e. The molecule has 120 valence electrons. The van der Waals surface area contributed by atoms with Crippen molar-refractivity contribution in [2.24, 2.45) is 0 Å². The van der Waals surface area contributed by atoms with Gasteiger partial charge in [-0.15, -0.1) is 0 Å². The maximum Gasteiger partial charge on any atom is 0.305 e. The minimum Gasteiger partial charge on any atom is -0.497 e. The van der Waals surface area contributed by atoms with Gasteiger partial charge in [-0.3, -0.25) is 14.6 Å². The van der Waals surface area contributed by atoms with E-state index in [0.717, 1.165) is 0 Å². The number of carboxylic acid groups (broad SMARTS) is 1. The van der Waals surface area contributed by atoms with Crippen LogP contribution in [0.3, 0.4) is 0 Å². The van der Waals surface area contributed by atoms with E-state index in [-0.39, 0.29) is 12.1 Å². The van der Waals surface area contributed by atoms with Crippen LogP contribution in [0.2, 0.25) is 0 Å². The van der Waals surface area contributed by atoms with Gasteiger partial charge in [0.25, 0.3) is 5.91 Å². The molecule has 2 N–H and O–H groups in total. The van der Waals surface area contributed by atoms with Gasteiger partial charge in [-0.05, 0) is 24.6 Å². The second-order valence-corrected chi connectivity index (χ2v) is 4.94. The van der Waals surface area contributed by atoms with Crippen LogP contribution in [-0.4, -0.2) is 34.1 Å². The minimum absolute atomic E-state index is 0.138. The molecule has 0 aliphatic rings. The molecule has 1 aromatic heterocycles. The van der Waals surface area contributed by atoms with E-state index in [2.05, 4.69) is 15.3 Å². The summed E-state index contributed by atoms with van der Waals surface area (Å²) in [4.78, 5) is 31.3. The highest BCUT2D eigenvalue weighted by molar-refractivity contribution is 5.92. The molecule has 7 heteroatoms. The first-order chi connectivity index (χ1) is 11.0. The van der Waals surface area contributed by atoms with E-state index >= 15 is 0 Å². The molecule has 2 aromatic rings. The van der Waals surface area contributed by atoms with Gasteiger partial charge in [0.1, 0.15) is 11.4 Å². The average Bonchev–Trinajstić information content (AvgIpc) is 2.54. The number of carbonyl (C=O) groups is 2. The molecule has 0 unspecified atom stereocenters. The fraction of sp³-hybridized carbons (Fsp3) is 0.250. The van der Waals surface area contributed by atoms with Crippen molar-refractivity contribution in [1.82, 2.24) is 15.3 Å². The van der Waals surface area contributed by atoms with Crippen molar-refractivity contribution in [3.63, 3.8) is 0 Å². The van der Waals surface area contributed by atoms with Crippen LogP contribution in [0.1, 0.15) is 34.2 Å². The predicted molar refractivity (Wildman–Crippen MR) is 82.2 cm³/mol. The molecule has 7 nitrogen and oxygen atoms in total. The van der Waals surface area contributed by atoms with Gasteiger partial charge in [0, 0.05) is 6.20 Å². The first kappa shape index (κ1) is 16.4. The predicted octanol–water partition coefficient (Wildman–Crippen LogP) is 1.74. The van der Waals surface area contributed by atoms with Crippen LogP contribution in [0.4, 0.5) is 0 Å². The van der Waals surface area contributed by atoms with Crippen molar-refractivity contribution in [1.29, 1.82) is 0 Å². The molecule has 0 bridgehead atoms. The normalized spacial score (nSPS) is 11.6. The zero-order valence-corrected chi connectivity index (χ0v) is 12.8. The number of aliphatic carboxylic acids is 1. The number of hydrogen-bond donors (Lipinski definition) is 2. The van der Waals surface area contributed by atoms with Crippen LogP contribution < -0.4 is 10.1 Å². The Labute approximate surface area is 133 Å². The number of benzene rings is 1. The fourth-order valence-electron chi connectivity index (χ4n) is 2.01. The Kier molecular flexibility index (Phi) is 5.24. The molecule has 1 aromatic carbocycles. The summed E-state index contributed by atoms with van der Waals surface area (Å²) < 4.78 is 5.07. The van der Waals surface area contributed by atoms with E-state index in [9.17, 15) is 9.59 Å². The van der Waals surface area contributed by atoms with Crippen molar-refractivity contribution >= 4 is 11.9 Å². The van der Waals surface area contributed by atoms with Crippen molar-refractivity contribution in [3.05, 3.63) is 53.6 Å². The highest BCUT2D eigenvalue weighted by Gasteiger charge is 2.19. The van der Waals surface area contributed by atoms with Gasteiger partial charge >= 0.3 is 5.97 Å². The first-order valence-electron chi connectivity index (χ1n) is 6.95. The number of methoxy groups -OCH3 is 1. The smallest absolute Gasteiger partial charge is 0.305 e. The second-order valence-electron chi connectivity index (χ2n) is 4.94. The Hall–Kier alpha value is -2.96. The highest BCUT2D eigenvalue weighted by atomic mass is 16.5. The lowest BCUT2D eigenvalue weighted by Gasteiger charge is -2.17. The molecule has 0 saturated carbocycles. The molecule has 0 spiro atoms. The molecule has 2 rings (SSSR count). The number of nitrogens with zero attached hydrogens (tertiary/aromatic N) is 2. The number of rotatable bonds is 6. The second kappa shape index (κ2) is 7.35. The number of carboxylic acids is 1. The fourth-order valence-corrected chi connectivity index (χ4v) is 2.01. The number of amides is 1. The number of carbonyl (C=O) groups excluding carboxylic acids is 1. The van der Waals surface area contributed by atoms with Crippen molar-refractivity contribution in [2.75, 3.05) is 7.11 Å². The molecule has 0 fully saturated rings. The zero-order valence-electron chi connectivity index (χ0n) is 12.8. The van der Waals surface area contributed by atoms with Crippen molar-refractivity contribution < 1.29 is 19.4 Å². The SMILES string of the molecule is COc1ccc([C@@H](CC(=O)O)NC(=O)c2cnc(C)cn2)cc1. The Morgan fingerprint density at radius 2 is 1.91 bits per heavy atom. The van der Waals surface area contributed by atoms with Crippen LogP contribution >= 0.6 is 0 Å². The summed E-state index contributed by atoms with van der Waals surface area (Å²) in [5.74, 6) is -0.834. The third-order valence-corrected chi connectivity index (χ3v) is 3.22. The summed E-state index contributed by atoms with van der Waals surface area (Å²) in [6, 6.07) is 6.18. The van der Waals surface area contributed by atoms with Crippen molar-refractivity contribution in [2.45, 2.75) is 19.4 Å². The molecular formula is C16H17N3O4. The molecule has 0 aliphatic carbocycles. The molecular weight excluding hydrogens is 298 g/mol. The first-order valence-corrected chi connectivity index (χ1v) is 6.95. The van der Waals surface area contributed by atoms with Gasteiger partial charge in [0.2, 0.25) is 0 Å². The number of aryl methyl sites for hydroxylation is 1. The lowest BCUT2D eigenvalue weighted by molar-refractivity contribution is -0.137. The Balaban J connectivity index is 2.18. The number of aromatic nitrogens is 2. The summed E-state index contributed by atoms with van der Waals surface area (Å²) in [6.07, 6.45) is 2.60. The number of nitrogens with one attached hydrogen (secondary N) is 1. The third kappa shape index (κ3) is 4.50. The van der Waals surface area contributed by atoms with E-state index in [1.54, 1.807) is 38.3 Å². The molecule has 1 amide bonds. The topological polar surface area (TPSA) is 101 Å². The van der Waals surface area contributed by atoms with E-state index in [4.69, 9.17) is 9.84 Å². The molecule has 0 radical (unpaired) electrons. The maximum absolute atomic E-state index is 12.2. The lowest BCUT2D eigenvalue weighted by Crippen LogP contribution is -2.30. The standard InChI is InChI=1S/C16H17N3O4/c1-10-8-18-14(9-17-10)16(22)19-13(7-15(20)21)11-3-5-12(23-2)6-4-11/h3-6,8-9,13H,7H2,1-2H3,(H,19,22)(H,20,21)/t13-/m1/s1. The summed E-state index contributed by atoms with van der Waals surface area (Å²) in [5.41, 5.74) is 1.50. The van der Waals surface area contributed by atoms with Gasteiger partial charge < -0.3 is 15.2 Å². The monoisotopic (exact) mass is 315 g/mol. The van der Waals surface area contributed by atoms with Crippen LogP contribution in [0.5, 0.6) is 5.75 Å². The Bertz CT molecular complexity index is 683. The van der Waals surface area contributed by atoms with E-state index in [1.807, 2.05) is 0 Å². The summed E-state index contributed by atoms with van der Waals surface area (Å²) >= 11 is 0. The van der Waals surface area contributed by atoms with Crippen LogP contribution in [0.25, 0.3) is 0 Å². The van der Waals surface area contributed by atoms with Gasteiger partial charge in [-0.1, -0.05) is 12.1 Å². The van der Waals surface area contributed by atoms with Gasteiger partial charge in [-0.2, -0.15) is 0 Å². The van der Waals surface area contributed by atoms with Crippen LogP contribution in [-0.2, 0) is 4.79 Å². The minimum atomic E-state index is -1.01. The van der Waals surface area contributed by atoms with Crippen LogP contribution in [0.15, 0.2) is 36.7 Å². The molecule has 0 aliphatic heterocycles. The Morgan fingerprint density at radius 1 is 1.22 bits per heavy atom. The summed E-state index contributed by atoms with van der Waals surface area (Å²) in [5, 5.41) is 11.7. The van der Waals surface area contributed by atoms with Crippen molar-refractivity contribution in [3.8, 4) is 5.75 Å². The quantitative estimate of drug-likeness (QED) is 0.842. The van der Waals surface area contributed by atoms with Crippen LogP contribution in [0, 0.1) is 6.92 Å². The third-order valence-electron chi connectivity index (χ3n) is 3.22. The zero-order chi connectivity index (χ0) is 16.8.